The van der Waals surface area contributed by atoms with E-state index >= 15 is 0 Å². The summed E-state index contributed by atoms with van der Waals surface area (Å²) in [6, 6.07) is 0. The second-order valence-electron chi connectivity index (χ2n) is 7.33. The van der Waals surface area contributed by atoms with Crippen molar-refractivity contribution in [3.05, 3.63) is 12.3 Å². The molecule has 0 aliphatic heterocycles. The quantitative estimate of drug-likeness (QED) is 0.545. The number of allylic oxidation sites excluding steroid dienone is 1. The zero-order valence-electron chi connectivity index (χ0n) is 14.8. The van der Waals surface area contributed by atoms with Crippen molar-refractivity contribution in [1.82, 2.24) is 0 Å². The smallest absolute Gasteiger partial charge is 0.0901 e. The van der Waals surface area contributed by atoms with E-state index in [2.05, 4.69) is 19.9 Å². The highest BCUT2D eigenvalue weighted by Gasteiger charge is 2.30. The standard InChI is InChI=1S/C20H36O2/c1-3-5-14-22-16-18-8-12-20(13-9-18)19-10-6-17(7-11-19)15-21-4-2/h5,14,17-20H,3-4,6-13,15-16H2,1-2H3/b14-5-/t17-,18?,19-,20?. The van der Waals surface area contributed by atoms with Gasteiger partial charge in [0, 0.05) is 13.2 Å². The van der Waals surface area contributed by atoms with Crippen molar-refractivity contribution in [2.45, 2.75) is 71.6 Å². The third-order valence-corrected chi connectivity index (χ3v) is 5.77. The molecule has 0 radical (unpaired) electrons. The maximum Gasteiger partial charge on any atom is 0.0901 e. The molecular formula is C20H36O2. The van der Waals surface area contributed by atoms with Gasteiger partial charge >= 0.3 is 0 Å². The second kappa shape index (κ2) is 10.3. The molecule has 0 spiro atoms. The molecule has 0 amide bonds. The molecule has 0 aromatic rings. The second-order valence-corrected chi connectivity index (χ2v) is 7.33. The third-order valence-electron chi connectivity index (χ3n) is 5.77. The molecule has 0 N–H and O–H groups in total. The van der Waals surface area contributed by atoms with Gasteiger partial charge in [-0.1, -0.05) is 13.0 Å². The van der Waals surface area contributed by atoms with Gasteiger partial charge in [0.25, 0.3) is 0 Å². The van der Waals surface area contributed by atoms with E-state index in [0.717, 1.165) is 49.9 Å². The van der Waals surface area contributed by atoms with Crippen LogP contribution in [0.15, 0.2) is 12.3 Å². The van der Waals surface area contributed by atoms with Crippen molar-refractivity contribution in [3.8, 4) is 0 Å². The minimum atomic E-state index is 0.798. The lowest BCUT2D eigenvalue weighted by atomic mass is 9.69. The predicted octanol–water partition coefficient (Wildman–Crippen LogP) is 5.58. The van der Waals surface area contributed by atoms with E-state index < -0.39 is 0 Å². The molecule has 0 atom stereocenters. The van der Waals surface area contributed by atoms with Gasteiger partial charge in [0.2, 0.25) is 0 Å². The summed E-state index contributed by atoms with van der Waals surface area (Å²) in [5, 5.41) is 0. The van der Waals surface area contributed by atoms with Gasteiger partial charge in [-0.3, -0.25) is 0 Å². The van der Waals surface area contributed by atoms with Crippen LogP contribution in [0.1, 0.15) is 71.6 Å². The Hall–Kier alpha value is -0.500. The molecule has 0 aromatic carbocycles. The fourth-order valence-corrected chi connectivity index (χ4v) is 4.29. The molecule has 2 fully saturated rings. The van der Waals surface area contributed by atoms with Gasteiger partial charge in [-0.05, 0) is 88.4 Å². The summed E-state index contributed by atoms with van der Waals surface area (Å²) in [6.45, 7) is 7.06. The van der Waals surface area contributed by atoms with E-state index in [1.165, 1.54) is 51.4 Å². The van der Waals surface area contributed by atoms with Crippen LogP contribution in [-0.2, 0) is 9.47 Å². The fourth-order valence-electron chi connectivity index (χ4n) is 4.29. The molecule has 2 aliphatic rings. The summed E-state index contributed by atoms with van der Waals surface area (Å²) in [7, 11) is 0. The first-order valence-corrected chi connectivity index (χ1v) is 9.67. The molecule has 2 saturated carbocycles. The molecule has 128 valence electrons. The highest BCUT2D eigenvalue weighted by atomic mass is 16.5. The topological polar surface area (TPSA) is 18.5 Å². The Balaban J connectivity index is 1.60. The lowest BCUT2D eigenvalue weighted by molar-refractivity contribution is 0.0668. The van der Waals surface area contributed by atoms with Crippen LogP contribution in [0.2, 0.25) is 0 Å². The summed E-state index contributed by atoms with van der Waals surface area (Å²) in [6.07, 6.45) is 16.4. The van der Waals surface area contributed by atoms with Crippen molar-refractivity contribution >= 4 is 0 Å². The van der Waals surface area contributed by atoms with Gasteiger partial charge in [-0.2, -0.15) is 0 Å². The molecule has 2 rings (SSSR count). The zero-order valence-corrected chi connectivity index (χ0v) is 14.8. The first-order valence-electron chi connectivity index (χ1n) is 9.67. The van der Waals surface area contributed by atoms with Crippen molar-refractivity contribution in [2.24, 2.45) is 23.7 Å². The van der Waals surface area contributed by atoms with Crippen LogP contribution >= 0.6 is 0 Å². The Labute approximate surface area is 137 Å². The fraction of sp³-hybridized carbons (Fsp3) is 0.900. The molecule has 2 nitrogen and oxygen atoms in total. The van der Waals surface area contributed by atoms with Gasteiger partial charge in [0.05, 0.1) is 12.9 Å². The van der Waals surface area contributed by atoms with Crippen LogP contribution in [0.4, 0.5) is 0 Å². The Kier molecular flexibility index (Phi) is 8.36. The third kappa shape index (κ3) is 5.95. The van der Waals surface area contributed by atoms with Gasteiger partial charge in [0.1, 0.15) is 0 Å². The number of rotatable bonds is 8. The van der Waals surface area contributed by atoms with E-state index in [4.69, 9.17) is 9.47 Å². The predicted molar refractivity (Wildman–Crippen MR) is 92.8 cm³/mol. The van der Waals surface area contributed by atoms with Gasteiger partial charge in [0.15, 0.2) is 0 Å². The molecule has 22 heavy (non-hydrogen) atoms. The van der Waals surface area contributed by atoms with Crippen LogP contribution in [0, 0.1) is 23.7 Å². The van der Waals surface area contributed by atoms with Gasteiger partial charge in [-0.25, -0.2) is 0 Å². The molecule has 0 unspecified atom stereocenters. The monoisotopic (exact) mass is 308 g/mol. The number of hydrogen-bond acceptors (Lipinski definition) is 2. The highest BCUT2D eigenvalue weighted by molar-refractivity contribution is 4.82. The molecule has 0 bridgehead atoms. The molecule has 0 aromatic heterocycles. The highest BCUT2D eigenvalue weighted by Crippen LogP contribution is 2.41. The maximum absolute atomic E-state index is 5.65. The Morgan fingerprint density at radius 2 is 1.32 bits per heavy atom. The lowest BCUT2D eigenvalue weighted by Gasteiger charge is -2.37. The number of hydrogen-bond donors (Lipinski definition) is 0. The molecular weight excluding hydrogens is 272 g/mol. The van der Waals surface area contributed by atoms with E-state index in [-0.39, 0.29) is 0 Å². The van der Waals surface area contributed by atoms with Crippen LogP contribution in [0.5, 0.6) is 0 Å². The molecule has 0 saturated heterocycles. The largest absolute Gasteiger partial charge is 0.501 e. The van der Waals surface area contributed by atoms with Crippen LogP contribution in [0.25, 0.3) is 0 Å². The average Bonchev–Trinajstić information content (AvgIpc) is 2.58. The minimum Gasteiger partial charge on any atom is -0.501 e. The van der Waals surface area contributed by atoms with Crippen molar-refractivity contribution in [1.29, 1.82) is 0 Å². The van der Waals surface area contributed by atoms with Gasteiger partial charge in [-0.15, -0.1) is 0 Å². The van der Waals surface area contributed by atoms with Crippen molar-refractivity contribution < 1.29 is 9.47 Å². The van der Waals surface area contributed by atoms with Gasteiger partial charge < -0.3 is 9.47 Å². The molecule has 0 heterocycles. The first kappa shape index (κ1) is 17.8. The Bertz CT molecular complexity index is 297. The summed E-state index contributed by atoms with van der Waals surface area (Å²) in [4.78, 5) is 0. The van der Waals surface area contributed by atoms with Crippen LogP contribution in [0.3, 0.4) is 0 Å². The van der Waals surface area contributed by atoms with Crippen molar-refractivity contribution in [3.63, 3.8) is 0 Å². The molecule has 2 heteroatoms. The number of ether oxygens (including phenoxy) is 2. The first-order chi connectivity index (χ1) is 10.8. The van der Waals surface area contributed by atoms with E-state index in [1.54, 1.807) is 0 Å². The lowest BCUT2D eigenvalue weighted by Crippen LogP contribution is -2.28. The Morgan fingerprint density at radius 3 is 1.82 bits per heavy atom. The average molecular weight is 309 g/mol. The SMILES string of the molecule is CC/C=C\OCC1CCC([C@H]2CC[C@H](COCC)CC2)CC1. The van der Waals surface area contributed by atoms with E-state index in [9.17, 15) is 0 Å². The normalized spacial score (nSPS) is 33.2. The summed E-state index contributed by atoms with van der Waals surface area (Å²) in [5.74, 6) is 3.63. The summed E-state index contributed by atoms with van der Waals surface area (Å²) >= 11 is 0. The van der Waals surface area contributed by atoms with Crippen LogP contribution < -0.4 is 0 Å². The summed E-state index contributed by atoms with van der Waals surface area (Å²) in [5.41, 5.74) is 0. The van der Waals surface area contributed by atoms with Crippen LogP contribution in [-0.4, -0.2) is 19.8 Å². The summed E-state index contributed by atoms with van der Waals surface area (Å²) < 4.78 is 11.3. The molecule has 2 aliphatic carbocycles. The van der Waals surface area contributed by atoms with Crippen molar-refractivity contribution in [2.75, 3.05) is 19.8 Å². The maximum atomic E-state index is 5.65. The zero-order chi connectivity index (χ0) is 15.6. The van der Waals surface area contributed by atoms with E-state index in [0.29, 0.717) is 0 Å². The minimum absolute atomic E-state index is 0.798. The van der Waals surface area contributed by atoms with E-state index in [1.807, 2.05) is 6.26 Å². The Morgan fingerprint density at radius 1 is 0.773 bits per heavy atom.